The third kappa shape index (κ3) is 4.54. The first kappa shape index (κ1) is 21.7. The molecule has 1 fully saturated rings. The van der Waals surface area contributed by atoms with Gasteiger partial charge in [0.1, 0.15) is 16.7 Å². The van der Waals surface area contributed by atoms with Crippen molar-refractivity contribution in [3.8, 4) is 6.07 Å². The number of hydrogen-bond donors (Lipinski definition) is 1. The highest BCUT2D eigenvalue weighted by molar-refractivity contribution is 8.05. The summed E-state index contributed by atoms with van der Waals surface area (Å²) in [5.74, 6) is -0.782. The van der Waals surface area contributed by atoms with Gasteiger partial charge in [0.2, 0.25) is 5.91 Å². The maximum absolute atomic E-state index is 13.4. The maximum atomic E-state index is 13.4. The standard InChI is InChI=1S/C25H18ClN3O2S/c26-20-13-7-8-14-21(20)28-23(30)19(16-27)25-29(18-11-5-2-6-12-18)24(31)22(32-25)15-17-9-3-1-4-10-17/h1-14,22H,15H2,(H,28,30). The molecule has 1 heterocycles. The Morgan fingerprint density at radius 3 is 2.28 bits per heavy atom. The molecule has 158 valence electrons. The van der Waals surface area contributed by atoms with Crippen LogP contribution >= 0.6 is 23.4 Å². The van der Waals surface area contributed by atoms with Gasteiger partial charge in [-0.05, 0) is 36.2 Å². The number of para-hydroxylation sites is 2. The van der Waals surface area contributed by atoms with Crippen LogP contribution in [0.3, 0.4) is 0 Å². The van der Waals surface area contributed by atoms with Crippen LogP contribution in [0.5, 0.6) is 0 Å². The summed E-state index contributed by atoms with van der Waals surface area (Å²) in [6.45, 7) is 0. The van der Waals surface area contributed by atoms with Crippen molar-refractivity contribution in [2.45, 2.75) is 11.7 Å². The second-order valence-corrected chi connectivity index (χ2v) is 8.63. The molecule has 3 aromatic rings. The van der Waals surface area contributed by atoms with E-state index in [1.807, 2.05) is 54.6 Å². The number of halogens is 1. The molecule has 0 aliphatic carbocycles. The minimum Gasteiger partial charge on any atom is -0.320 e. The van der Waals surface area contributed by atoms with Gasteiger partial charge in [0, 0.05) is 5.69 Å². The number of benzene rings is 3. The predicted octanol–water partition coefficient (Wildman–Crippen LogP) is 5.40. The van der Waals surface area contributed by atoms with E-state index in [0.717, 1.165) is 5.56 Å². The van der Waals surface area contributed by atoms with Crippen LogP contribution in [-0.2, 0) is 16.0 Å². The summed E-state index contributed by atoms with van der Waals surface area (Å²) in [6.07, 6.45) is 0.488. The second-order valence-electron chi connectivity index (χ2n) is 7.03. The Balaban J connectivity index is 1.72. The van der Waals surface area contributed by atoms with Crippen molar-refractivity contribution in [2.24, 2.45) is 0 Å². The Bertz CT molecular complexity index is 1220. The van der Waals surface area contributed by atoms with Crippen LogP contribution < -0.4 is 10.2 Å². The number of nitrogens with zero attached hydrogens (tertiary/aromatic N) is 2. The maximum Gasteiger partial charge on any atom is 0.269 e. The first-order valence-corrected chi connectivity index (χ1v) is 11.1. The molecular weight excluding hydrogens is 442 g/mol. The van der Waals surface area contributed by atoms with Crippen LogP contribution in [-0.4, -0.2) is 17.1 Å². The van der Waals surface area contributed by atoms with Crippen molar-refractivity contribution in [2.75, 3.05) is 10.2 Å². The third-order valence-corrected chi connectivity index (χ3v) is 6.50. The molecule has 32 heavy (non-hydrogen) atoms. The molecule has 1 saturated heterocycles. The third-order valence-electron chi connectivity index (χ3n) is 4.91. The Kier molecular flexibility index (Phi) is 6.60. The summed E-state index contributed by atoms with van der Waals surface area (Å²) in [7, 11) is 0. The minimum atomic E-state index is -0.614. The van der Waals surface area contributed by atoms with E-state index in [9.17, 15) is 14.9 Å². The normalized spacial score (nSPS) is 17.1. The van der Waals surface area contributed by atoms with E-state index in [2.05, 4.69) is 5.32 Å². The van der Waals surface area contributed by atoms with Crippen LogP contribution in [0.25, 0.3) is 0 Å². The molecule has 1 atom stereocenters. The van der Waals surface area contributed by atoms with Crippen molar-refractivity contribution >= 4 is 46.6 Å². The van der Waals surface area contributed by atoms with Gasteiger partial charge in [0.05, 0.1) is 16.0 Å². The van der Waals surface area contributed by atoms with Crippen molar-refractivity contribution in [1.29, 1.82) is 5.26 Å². The quantitative estimate of drug-likeness (QED) is 0.409. The highest BCUT2D eigenvalue weighted by Crippen LogP contribution is 2.42. The molecule has 0 radical (unpaired) electrons. The first-order valence-electron chi connectivity index (χ1n) is 9.88. The number of thioether (sulfide) groups is 1. The fraction of sp³-hybridized carbons (Fsp3) is 0.0800. The molecule has 0 spiro atoms. The zero-order valence-corrected chi connectivity index (χ0v) is 18.4. The Labute approximate surface area is 195 Å². The molecule has 2 amide bonds. The number of nitrogens with one attached hydrogen (secondary N) is 1. The SMILES string of the molecule is N#CC(C(=O)Nc1ccccc1Cl)=C1SC(Cc2ccccc2)C(=O)N1c1ccccc1. The number of hydrogen-bond acceptors (Lipinski definition) is 4. The number of carbonyl (C=O) groups excluding carboxylic acids is 2. The van der Waals surface area contributed by atoms with Crippen molar-refractivity contribution in [1.82, 2.24) is 0 Å². The van der Waals surface area contributed by atoms with E-state index in [1.165, 1.54) is 16.7 Å². The van der Waals surface area contributed by atoms with E-state index >= 15 is 0 Å². The summed E-state index contributed by atoms with van der Waals surface area (Å²) < 4.78 is 0. The van der Waals surface area contributed by atoms with Gasteiger partial charge in [-0.2, -0.15) is 5.26 Å². The van der Waals surface area contributed by atoms with Crippen molar-refractivity contribution in [3.05, 3.63) is 106 Å². The highest BCUT2D eigenvalue weighted by Gasteiger charge is 2.40. The van der Waals surface area contributed by atoms with E-state index in [0.29, 0.717) is 27.8 Å². The molecule has 1 unspecified atom stereocenters. The zero-order valence-electron chi connectivity index (χ0n) is 16.9. The number of nitriles is 1. The lowest BCUT2D eigenvalue weighted by atomic mass is 10.1. The second kappa shape index (κ2) is 9.73. The number of carbonyl (C=O) groups is 2. The minimum absolute atomic E-state index is 0.136. The van der Waals surface area contributed by atoms with Gasteiger partial charge in [-0.1, -0.05) is 84.0 Å². The number of anilines is 2. The summed E-state index contributed by atoms with van der Waals surface area (Å²) in [4.78, 5) is 27.9. The number of amides is 2. The Morgan fingerprint density at radius 1 is 1.00 bits per heavy atom. The van der Waals surface area contributed by atoms with Crippen LogP contribution in [0, 0.1) is 11.3 Å². The molecule has 0 bridgehead atoms. The monoisotopic (exact) mass is 459 g/mol. The molecule has 4 rings (SSSR count). The molecule has 5 nitrogen and oxygen atoms in total. The molecule has 1 N–H and O–H groups in total. The van der Waals surface area contributed by atoms with Crippen LogP contribution in [0.15, 0.2) is 95.5 Å². The van der Waals surface area contributed by atoms with Gasteiger partial charge < -0.3 is 5.32 Å². The average Bonchev–Trinajstić information content (AvgIpc) is 3.12. The average molecular weight is 460 g/mol. The summed E-state index contributed by atoms with van der Waals surface area (Å²) in [5, 5.41) is 12.8. The molecule has 3 aromatic carbocycles. The zero-order chi connectivity index (χ0) is 22.5. The fourth-order valence-corrected chi connectivity index (χ4v) is 4.87. The van der Waals surface area contributed by atoms with Crippen LogP contribution in [0.4, 0.5) is 11.4 Å². The fourth-order valence-electron chi connectivity index (χ4n) is 3.37. The lowest BCUT2D eigenvalue weighted by Gasteiger charge is -2.18. The largest absolute Gasteiger partial charge is 0.320 e. The lowest BCUT2D eigenvalue weighted by Crippen LogP contribution is -2.30. The van der Waals surface area contributed by atoms with Gasteiger partial charge in [-0.3, -0.25) is 14.5 Å². The molecule has 0 saturated carbocycles. The predicted molar refractivity (Wildman–Crippen MR) is 128 cm³/mol. The molecular formula is C25H18ClN3O2S. The number of rotatable bonds is 5. The van der Waals surface area contributed by atoms with E-state index in [-0.39, 0.29) is 11.5 Å². The highest BCUT2D eigenvalue weighted by atomic mass is 35.5. The van der Waals surface area contributed by atoms with E-state index in [4.69, 9.17) is 11.6 Å². The van der Waals surface area contributed by atoms with Crippen molar-refractivity contribution in [3.63, 3.8) is 0 Å². The van der Waals surface area contributed by atoms with Gasteiger partial charge in [-0.25, -0.2) is 0 Å². The summed E-state index contributed by atoms with van der Waals surface area (Å²) >= 11 is 7.39. The van der Waals surface area contributed by atoms with Gasteiger partial charge >= 0.3 is 0 Å². The summed E-state index contributed by atoms with van der Waals surface area (Å²) in [6, 6.07) is 27.5. The van der Waals surface area contributed by atoms with E-state index in [1.54, 1.807) is 36.4 Å². The van der Waals surface area contributed by atoms with Crippen LogP contribution in [0.2, 0.25) is 5.02 Å². The van der Waals surface area contributed by atoms with Gasteiger partial charge in [-0.15, -0.1) is 0 Å². The van der Waals surface area contributed by atoms with Crippen molar-refractivity contribution < 1.29 is 9.59 Å². The van der Waals surface area contributed by atoms with Gasteiger partial charge in [0.25, 0.3) is 5.91 Å². The molecule has 1 aliphatic heterocycles. The van der Waals surface area contributed by atoms with Gasteiger partial charge in [0.15, 0.2) is 0 Å². The van der Waals surface area contributed by atoms with E-state index < -0.39 is 11.2 Å². The first-order chi connectivity index (χ1) is 15.6. The Morgan fingerprint density at radius 2 is 1.62 bits per heavy atom. The smallest absolute Gasteiger partial charge is 0.269 e. The topological polar surface area (TPSA) is 73.2 Å². The molecule has 0 aromatic heterocycles. The van der Waals surface area contributed by atoms with Crippen LogP contribution in [0.1, 0.15) is 5.56 Å². The Hall–Kier alpha value is -3.53. The molecule has 7 heteroatoms. The molecule has 1 aliphatic rings. The summed E-state index contributed by atoms with van der Waals surface area (Å²) in [5.41, 5.74) is 1.87. The lowest BCUT2D eigenvalue weighted by molar-refractivity contribution is -0.117.